The smallest absolute Gasteiger partial charge is 0.255 e. The molecule has 0 aliphatic carbocycles. The molecule has 4 aromatic rings. The topological polar surface area (TPSA) is 53.7 Å². The number of benzene rings is 1. The monoisotopic (exact) mass is 411 g/mol. The van der Waals surface area contributed by atoms with Gasteiger partial charge in [-0.2, -0.15) is 0 Å². The molecule has 1 saturated heterocycles. The number of amides is 1. The van der Waals surface area contributed by atoms with Crippen LogP contribution in [-0.2, 0) is 6.54 Å². The molecular weight excluding hydrogens is 386 g/mol. The van der Waals surface area contributed by atoms with E-state index in [0.717, 1.165) is 47.9 Å². The molecule has 1 amide bonds. The average Bonchev–Trinajstić information content (AvgIpc) is 3.22. The van der Waals surface area contributed by atoms with Crippen molar-refractivity contribution < 1.29 is 4.79 Å². The summed E-state index contributed by atoms with van der Waals surface area (Å²) in [6.07, 6.45) is 4.10. The molecule has 0 unspecified atom stereocenters. The summed E-state index contributed by atoms with van der Waals surface area (Å²) in [5, 5.41) is 0. The highest BCUT2D eigenvalue weighted by Gasteiger charge is 2.24. The maximum absolute atomic E-state index is 13.1. The standard InChI is InChI=1S/C25H25N5O/c1-19-22(10-11-23(26-19)20-7-3-2-4-8-20)25(31)29-15-13-28(14-16-29)17-21-18-30-12-6-5-9-24(30)27-21/h2-12,18H,13-17H2,1H3. The van der Waals surface area contributed by atoms with Crippen molar-refractivity contribution in [2.75, 3.05) is 26.2 Å². The predicted molar refractivity (Wildman–Crippen MR) is 121 cm³/mol. The number of carbonyl (C=O) groups is 1. The van der Waals surface area contributed by atoms with Gasteiger partial charge >= 0.3 is 0 Å². The number of imidazole rings is 1. The van der Waals surface area contributed by atoms with Gasteiger partial charge in [-0.15, -0.1) is 0 Å². The molecule has 0 radical (unpaired) electrons. The Morgan fingerprint density at radius 1 is 0.903 bits per heavy atom. The van der Waals surface area contributed by atoms with E-state index in [0.29, 0.717) is 18.7 Å². The van der Waals surface area contributed by atoms with Gasteiger partial charge in [0.05, 0.1) is 22.6 Å². The van der Waals surface area contributed by atoms with Crippen LogP contribution in [0.15, 0.2) is 73.1 Å². The lowest BCUT2D eigenvalue weighted by atomic mass is 10.1. The van der Waals surface area contributed by atoms with Crippen molar-refractivity contribution >= 4 is 11.6 Å². The van der Waals surface area contributed by atoms with Crippen LogP contribution in [-0.4, -0.2) is 56.3 Å². The summed E-state index contributed by atoms with van der Waals surface area (Å²) in [7, 11) is 0. The second-order valence-electron chi connectivity index (χ2n) is 7.96. The fourth-order valence-electron chi connectivity index (χ4n) is 4.13. The molecule has 1 aliphatic heterocycles. The Hall–Kier alpha value is -3.51. The van der Waals surface area contributed by atoms with E-state index in [-0.39, 0.29) is 5.91 Å². The molecule has 6 heteroatoms. The van der Waals surface area contributed by atoms with Crippen molar-refractivity contribution in [3.05, 3.63) is 90.0 Å². The zero-order chi connectivity index (χ0) is 21.2. The molecule has 0 saturated carbocycles. The van der Waals surface area contributed by atoms with Crippen LogP contribution in [0.5, 0.6) is 0 Å². The van der Waals surface area contributed by atoms with E-state index in [2.05, 4.69) is 21.1 Å². The van der Waals surface area contributed by atoms with Crippen LogP contribution < -0.4 is 0 Å². The van der Waals surface area contributed by atoms with E-state index in [9.17, 15) is 4.79 Å². The Balaban J connectivity index is 1.22. The lowest BCUT2D eigenvalue weighted by Crippen LogP contribution is -2.48. The molecule has 0 bridgehead atoms. The van der Waals surface area contributed by atoms with Gasteiger partial charge in [-0.3, -0.25) is 14.7 Å². The third kappa shape index (κ3) is 4.07. The second kappa shape index (κ2) is 8.32. The maximum Gasteiger partial charge on any atom is 0.255 e. The van der Waals surface area contributed by atoms with Crippen molar-refractivity contribution in [3.63, 3.8) is 0 Å². The van der Waals surface area contributed by atoms with Crippen LogP contribution in [0.2, 0.25) is 0 Å². The van der Waals surface area contributed by atoms with Gasteiger partial charge in [0, 0.05) is 50.7 Å². The van der Waals surface area contributed by atoms with Gasteiger partial charge < -0.3 is 9.30 Å². The van der Waals surface area contributed by atoms with Gasteiger partial charge in [0.25, 0.3) is 5.91 Å². The molecule has 1 aliphatic rings. The average molecular weight is 412 g/mol. The number of pyridine rings is 2. The minimum Gasteiger partial charge on any atom is -0.336 e. The molecule has 0 spiro atoms. The number of hydrogen-bond acceptors (Lipinski definition) is 4. The quantitative estimate of drug-likeness (QED) is 0.514. The Labute approximate surface area is 181 Å². The molecule has 3 aromatic heterocycles. The number of aromatic nitrogens is 3. The van der Waals surface area contributed by atoms with Gasteiger partial charge in [0.1, 0.15) is 5.65 Å². The zero-order valence-corrected chi connectivity index (χ0v) is 17.6. The van der Waals surface area contributed by atoms with Crippen molar-refractivity contribution in [2.45, 2.75) is 13.5 Å². The summed E-state index contributed by atoms with van der Waals surface area (Å²) in [6, 6.07) is 19.9. The number of hydrogen-bond donors (Lipinski definition) is 0. The molecule has 31 heavy (non-hydrogen) atoms. The summed E-state index contributed by atoms with van der Waals surface area (Å²) >= 11 is 0. The normalized spacial score (nSPS) is 14.8. The maximum atomic E-state index is 13.1. The number of fused-ring (bicyclic) bond motifs is 1. The van der Waals surface area contributed by atoms with E-state index >= 15 is 0 Å². The molecule has 4 heterocycles. The number of aryl methyl sites for hydroxylation is 1. The lowest BCUT2D eigenvalue weighted by Gasteiger charge is -2.34. The van der Waals surface area contributed by atoms with E-state index in [1.807, 2.05) is 83.1 Å². The fraction of sp³-hybridized carbons (Fsp3) is 0.240. The number of rotatable bonds is 4. The van der Waals surface area contributed by atoms with Crippen LogP contribution in [0.1, 0.15) is 21.7 Å². The van der Waals surface area contributed by atoms with Crippen LogP contribution >= 0.6 is 0 Å². The first-order valence-corrected chi connectivity index (χ1v) is 10.6. The third-order valence-corrected chi connectivity index (χ3v) is 5.84. The van der Waals surface area contributed by atoms with E-state index in [1.165, 1.54) is 0 Å². The Morgan fingerprint density at radius 2 is 1.68 bits per heavy atom. The van der Waals surface area contributed by atoms with Crippen LogP contribution in [0.4, 0.5) is 0 Å². The second-order valence-corrected chi connectivity index (χ2v) is 7.96. The molecule has 156 valence electrons. The predicted octanol–water partition coefficient (Wildman–Crippen LogP) is 3.66. The lowest BCUT2D eigenvalue weighted by molar-refractivity contribution is 0.0626. The van der Waals surface area contributed by atoms with E-state index in [4.69, 9.17) is 0 Å². The van der Waals surface area contributed by atoms with Crippen LogP contribution in [0.3, 0.4) is 0 Å². The highest BCUT2D eigenvalue weighted by atomic mass is 16.2. The van der Waals surface area contributed by atoms with Gasteiger partial charge in [-0.25, -0.2) is 4.98 Å². The minimum absolute atomic E-state index is 0.0667. The summed E-state index contributed by atoms with van der Waals surface area (Å²) in [4.78, 5) is 26.8. The van der Waals surface area contributed by atoms with Crippen LogP contribution in [0, 0.1) is 6.92 Å². The van der Waals surface area contributed by atoms with Crippen molar-refractivity contribution in [3.8, 4) is 11.3 Å². The van der Waals surface area contributed by atoms with Gasteiger partial charge in [-0.05, 0) is 31.2 Å². The van der Waals surface area contributed by atoms with Crippen molar-refractivity contribution in [1.29, 1.82) is 0 Å². The first kappa shape index (κ1) is 19.5. The summed E-state index contributed by atoms with van der Waals surface area (Å²) < 4.78 is 2.05. The Morgan fingerprint density at radius 3 is 2.42 bits per heavy atom. The SMILES string of the molecule is Cc1nc(-c2ccccc2)ccc1C(=O)N1CCN(Cc2cn3ccccc3n2)CC1. The molecule has 0 atom stereocenters. The highest BCUT2D eigenvalue weighted by molar-refractivity contribution is 5.95. The summed E-state index contributed by atoms with van der Waals surface area (Å²) in [6.45, 7) is 5.83. The van der Waals surface area contributed by atoms with Gasteiger partial charge in [0.2, 0.25) is 0 Å². The molecule has 0 N–H and O–H groups in total. The largest absolute Gasteiger partial charge is 0.336 e. The van der Waals surface area contributed by atoms with Gasteiger partial charge in [-0.1, -0.05) is 36.4 Å². The van der Waals surface area contributed by atoms with Gasteiger partial charge in [0.15, 0.2) is 0 Å². The summed E-state index contributed by atoms with van der Waals surface area (Å²) in [5.74, 6) is 0.0667. The first-order chi connectivity index (χ1) is 15.2. The Bertz CT molecular complexity index is 1180. The number of nitrogens with zero attached hydrogens (tertiary/aromatic N) is 5. The minimum atomic E-state index is 0.0667. The zero-order valence-electron chi connectivity index (χ0n) is 17.6. The van der Waals surface area contributed by atoms with E-state index < -0.39 is 0 Å². The van der Waals surface area contributed by atoms with Crippen molar-refractivity contribution in [2.24, 2.45) is 0 Å². The third-order valence-electron chi connectivity index (χ3n) is 5.84. The van der Waals surface area contributed by atoms with E-state index in [1.54, 1.807) is 0 Å². The van der Waals surface area contributed by atoms with Crippen LogP contribution in [0.25, 0.3) is 16.9 Å². The number of carbonyl (C=O) groups excluding carboxylic acids is 1. The molecule has 1 aromatic carbocycles. The molecule has 5 rings (SSSR count). The van der Waals surface area contributed by atoms with Crippen molar-refractivity contribution in [1.82, 2.24) is 24.2 Å². The fourth-order valence-corrected chi connectivity index (χ4v) is 4.13. The molecular formula is C25H25N5O. The molecule has 6 nitrogen and oxygen atoms in total. The number of piperazine rings is 1. The first-order valence-electron chi connectivity index (χ1n) is 10.6. The highest BCUT2D eigenvalue weighted by Crippen LogP contribution is 2.20. The summed E-state index contributed by atoms with van der Waals surface area (Å²) in [5.41, 5.74) is 5.44. The molecule has 1 fully saturated rings. The Kier molecular flexibility index (Phi) is 5.22.